The second-order valence-corrected chi connectivity index (χ2v) is 8.48. The molecule has 6 nitrogen and oxygen atoms in total. The second-order valence-electron chi connectivity index (χ2n) is 8.48. The molecule has 5 rings (SSSR count). The van der Waals surface area contributed by atoms with Crippen LogP contribution in [0.3, 0.4) is 0 Å². The summed E-state index contributed by atoms with van der Waals surface area (Å²) < 4.78 is 8.23. The number of benzene rings is 2. The van der Waals surface area contributed by atoms with Crippen LogP contribution >= 0.6 is 0 Å². The maximum Gasteiger partial charge on any atom is 0.231 e. The zero-order valence-electron chi connectivity index (χ0n) is 18.0. The first-order chi connectivity index (χ1) is 15.0. The quantitative estimate of drug-likeness (QED) is 0.657. The highest BCUT2D eigenvalue weighted by Gasteiger charge is 2.31. The maximum absolute atomic E-state index is 13.1. The Hall–Kier alpha value is -3.09. The van der Waals surface area contributed by atoms with Gasteiger partial charge in [0.2, 0.25) is 5.78 Å². The fraction of sp³-hybridized carbons (Fsp3) is 0.320. The van der Waals surface area contributed by atoms with Crippen LogP contribution in [-0.4, -0.2) is 48.5 Å². The Balaban J connectivity index is 1.49. The van der Waals surface area contributed by atoms with Crippen LogP contribution in [0.4, 0.5) is 0 Å². The van der Waals surface area contributed by atoms with Crippen molar-refractivity contribution >= 4 is 22.8 Å². The fourth-order valence-electron chi connectivity index (χ4n) is 4.61. The van der Waals surface area contributed by atoms with Crippen LogP contribution in [0.1, 0.15) is 28.4 Å². The van der Waals surface area contributed by atoms with Gasteiger partial charge in [0.05, 0.1) is 18.7 Å². The normalized spacial score (nSPS) is 18.6. The maximum atomic E-state index is 13.1. The molecule has 1 aromatic heterocycles. The van der Waals surface area contributed by atoms with Gasteiger partial charge in [-0.15, -0.1) is 0 Å². The predicted octanol–water partition coefficient (Wildman–Crippen LogP) is 1.68. The lowest BCUT2D eigenvalue weighted by molar-refractivity contribution is -0.918. The summed E-state index contributed by atoms with van der Waals surface area (Å²) in [6, 6.07) is 11.3. The molecule has 31 heavy (non-hydrogen) atoms. The van der Waals surface area contributed by atoms with Crippen LogP contribution in [0.2, 0.25) is 0 Å². The number of hydrogen-bond acceptors (Lipinski definition) is 4. The van der Waals surface area contributed by atoms with Crippen LogP contribution in [0.5, 0.6) is 11.5 Å². The molecule has 0 atom stereocenters. The minimum absolute atomic E-state index is 0.0539. The van der Waals surface area contributed by atoms with Crippen molar-refractivity contribution in [3.63, 3.8) is 0 Å². The highest BCUT2D eigenvalue weighted by molar-refractivity contribution is 6.15. The zero-order valence-corrected chi connectivity index (χ0v) is 18.0. The molecule has 0 aliphatic carbocycles. The molecule has 1 fully saturated rings. The molecule has 160 valence electrons. The van der Waals surface area contributed by atoms with Crippen LogP contribution in [0.15, 0.2) is 48.4 Å². The molecule has 0 bridgehead atoms. The van der Waals surface area contributed by atoms with Crippen molar-refractivity contribution in [3.05, 3.63) is 65.0 Å². The van der Waals surface area contributed by atoms with E-state index in [1.807, 2.05) is 24.4 Å². The number of Topliss-reactive ketones (excluding diaryl/α,β-unsaturated/α-hetero) is 1. The molecule has 0 saturated carbocycles. The number of hydrogen-bond donors (Lipinski definition) is 1. The number of quaternary nitrogens is 1. The number of para-hydroxylation sites is 1. The first kappa shape index (κ1) is 19.8. The summed E-state index contributed by atoms with van der Waals surface area (Å²) >= 11 is 0. The summed E-state index contributed by atoms with van der Waals surface area (Å²) in [6.07, 6.45) is 3.86. The van der Waals surface area contributed by atoms with E-state index in [1.54, 1.807) is 6.07 Å². The van der Waals surface area contributed by atoms with Crippen molar-refractivity contribution < 1.29 is 19.5 Å². The van der Waals surface area contributed by atoms with Gasteiger partial charge in [-0.25, -0.2) is 0 Å². The molecular weight excluding hydrogens is 390 g/mol. The van der Waals surface area contributed by atoms with Crippen molar-refractivity contribution in [2.45, 2.75) is 20.0 Å². The van der Waals surface area contributed by atoms with E-state index in [4.69, 9.17) is 4.74 Å². The average molecular weight is 418 g/mol. The zero-order chi connectivity index (χ0) is 21.5. The van der Waals surface area contributed by atoms with Crippen molar-refractivity contribution in [1.29, 1.82) is 0 Å². The van der Waals surface area contributed by atoms with E-state index in [9.17, 15) is 9.90 Å². The minimum Gasteiger partial charge on any atom is -0.872 e. The molecule has 0 radical (unpaired) electrons. The van der Waals surface area contributed by atoms with Gasteiger partial charge in [-0.05, 0) is 32.2 Å². The number of carbonyl (C=O) groups is 1. The van der Waals surface area contributed by atoms with Crippen molar-refractivity contribution in [3.8, 4) is 11.5 Å². The number of nitrogens with one attached hydrogen (secondary N) is 1. The Morgan fingerprint density at radius 2 is 1.94 bits per heavy atom. The van der Waals surface area contributed by atoms with E-state index in [-0.39, 0.29) is 17.3 Å². The lowest BCUT2D eigenvalue weighted by Crippen LogP contribution is -3.13. The summed E-state index contributed by atoms with van der Waals surface area (Å²) in [5.74, 6) is 0.531. The number of likely N-dealkylation sites (N-methyl/N-ethyl adjacent to an activating group) is 1. The van der Waals surface area contributed by atoms with E-state index in [0.29, 0.717) is 23.4 Å². The first-order valence-corrected chi connectivity index (χ1v) is 10.9. The van der Waals surface area contributed by atoms with Crippen molar-refractivity contribution in [1.82, 2.24) is 9.47 Å². The number of piperazine rings is 1. The molecule has 0 amide bonds. The molecule has 1 N–H and O–H groups in total. The van der Waals surface area contributed by atoms with Crippen LogP contribution in [0.25, 0.3) is 17.0 Å². The molecule has 6 heteroatoms. The van der Waals surface area contributed by atoms with Gasteiger partial charge >= 0.3 is 0 Å². The highest BCUT2D eigenvalue weighted by atomic mass is 16.5. The average Bonchev–Trinajstić information content (AvgIpc) is 3.30. The van der Waals surface area contributed by atoms with Gasteiger partial charge in [-0.3, -0.25) is 9.69 Å². The fourth-order valence-corrected chi connectivity index (χ4v) is 4.61. The number of aryl methyl sites for hydroxylation is 1. The van der Waals surface area contributed by atoms with Crippen LogP contribution < -0.4 is 14.7 Å². The Labute approximate surface area is 181 Å². The largest absolute Gasteiger partial charge is 0.872 e. The Bertz CT molecular complexity index is 1190. The van der Waals surface area contributed by atoms with Gasteiger partial charge in [0.1, 0.15) is 12.3 Å². The number of ketones is 1. The number of carbonyl (C=O) groups excluding carboxylic acids is 1. The summed E-state index contributed by atoms with van der Waals surface area (Å²) in [7, 11) is 2.12. The third kappa shape index (κ3) is 3.52. The number of ether oxygens (including phenoxy) is 1. The number of fused-ring (bicyclic) bond motifs is 2. The summed E-state index contributed by atoms with van der Waals surface area (Å²) in [5, 5.41) is 13.7. The van der Waals surface area contributed by atoms with Gasteiger partial charge in [-0.2, -0.15) is 0 Å². The Morgan fingerprint density at radius 3 is 2.71 bits per heavy atom. The highest BCUT2D eigenvalue weighted by Crippen LogP contribution is 2.38. The van der Waals surface area contributed by atoms with E-state index >= 15 is 0 Å². The van der Waals surface area contributed by atoms with Crippen LogP contribution in [0, 0.1) is 0 Å². The van der Waals surface area contributed by atoms with Gasteiger partial charge < -0.3 is 19.3 Å². The number of aromatic nitrogens is 1. The second kappa shape index (κ2) is 7.87. The smallest absolute Gasteiger partial charge is 0.231 e. The van der Waals surface area contributed by atoms with E-state index in [1.165, 1.54) is 11.0 Å². The lowest BCUT2D eigenvalue weighted by atomic mass is 10.0. The number of rotatable bonds is 4. The molecule has 3 aromatic rings. The molecular formula is C25H27N3O3. The third-order valence-corrected chi connectivity index (χ3v) is 6.47. The van der Waals surface area contributed by atoms with Crippen molar-refractivity contribution in [2.75, 3.05) is 33.2 Å². The van der Waals surface area contributed by atoms with E-state index < -0.39 is 0 Å². The third-order valence-electron chi connectivity index (χ3n) is 6.47. The summed E-state index contributed by atoms with van der Waals surface area (Å²) in [4.78, 5) is 16.7. The van der Waals surface area contributed by atoms with Crippen molar-refractivity contribution in [2.24, 2.45) is 0 Å². The topological polar surface area (TPSA) is 62.0 Å². The first-order valence-electron chi connectivity index (χ1n) is 10.9. The Morgan fingerprint density at radius 1 is 1.16 bits per heavy atom. The molecule has 0 spiro atoms. The van der Waals surface area contributed by atoms with E-state index in [2.05, 4.69) is 35.6 Å². The summed E-state index contributed by atoms with van der Waals surface area (Å²) in [6.45, 7) is 7.50. The monoisotopic (exact) mass is 417 g/mol. The summed E-state index contributed by atoms with van der Waals surface area (Å²) in [5.41, 5.74) is 3.18. The predicted molar refractivity (Wildman–Crippen MR) is 118 cm³/mol. The molecule has 2 aliphatic heterocycles. The SMILES string of the molecule is CCn1cc(/C=C2\Oc3c(ccc([O-])c3C[NH+]3CCN(C)CC3)C2=O)c2ccccc21. The van der Waals surface area contributed by atoms with Crippen LogP contribution in [-0.2, 0) is 13.1 Å². The van der Waals surface area contributed by atoms with Gasteiger partial charge in [-0.1, -0.05) is 30.0 Å². The Kier molecular flexibility index (Phi) is 5.04. The molecule has 2 aliphatic rings. The lowest BCUT2D eigenvalue weighted by Gasteiger charge is -2.30. The van der Waals surface area contributed by atoms with E-state index in [0.717, 1.165) is 49.2 Å². The number of allylic oxidation sites excluding steroid dienone is 1. The molecule has 2 aromatic carbocycles. The van der Waals surface area contributed by atoms with Gasteiger partial charge in [0, 0.05) is 47.9 Å². The van der Waals surface area contributed by atoms with Gasteiger partial charge in [0.25, 0.3) is 0 Å². The number of nitrogens with zero attached hydrogens (tertiary/aromatic N) is 2. The molecule has 3 heterocycles. The minimum atomic E-state index is -0.155. The standard InChI is InChI=1S/C25H27N3O3/c1-3-28-15-17(18-6-4-5-7-21(18)28)14-23-24(30)19-8-9-22(29)20(25(19)31-23)16-27-12-10-26(2)11-13-27/h4-9,14-15,29H,3,10-13,16H2,1-2H3/b23-14-. The molecule has 1 saturated heterocycles. The molecule has 0 unspecified atom stereocenters. The van der Waals surface area contributed by atoms with Gasteiger partial charge in [0.15, 0.2) is 5.76 Å².